The van der Waals surface area contributed by atoms with Gasteiger partial charge in [0.2, 0.25) is 0 Å². The molecule has 0 fully saturated rings. The van der Waals surface area contributed by atoms with Crippen molar-refractivity contribution >= 4 is 29.3 Å². The molecular weight excluding hydrogens is 498 g/mol. The fourth-order valence-electron chi connectivity index (χ4n) is 4.51. The molecule has 0 aliphatic carbocycles. The van der Waals surface area contributed by atoms with Crippen molar-refractivity contribution in [3.8, 4) is 0 Å². The standard InChI is InChI=1S/C30H41N3O6/c1-7-37-28(35)33-27-31-23-14-13-21(18-26(23)38-27)22(15-19(2)3)17-25(34)24(16-20-11-9-8-10-12-20)32-29(36)39-30(4,5)6/h8-14,18-19,22,24-25,34H,7,15-17H2,1-6H3,(H,32,36)(H,31,33,35)/t22?,24-,25+/m0/s1. The summed E-state index contributed by atoms with van der Waals surface area (Å²) in [5, 5.41) is 16.9. The fraction of sp³-hybridized carbons (Fsp3) is 0.500. The summed E-state index contributed by atoms with van der Waals surface area (Å²) in [7, 11) is 0. The van der Waals surface area contributed by atoms with Crippen molar-refractivity contribution in [3.63, 3.8) is 0 Å². The number of alkyl carbamates (subject to hydrolysis) is 1. The zero-order valence-electron chi connectivity index (χ0n) is 23.7. The first kappa shape index (κ1) is 30.0. The number of aromatic nitrogens is 1. The summed E-state index contributed by atoms with van der Waals surface area (Å²) in [6, 6.07) is 15.0. The number of oxazole rings is 1. The summed E-state index contributed by atoms with van der Waals surface area (Å²) >= 11 is 0. The van der Waals surface area contributed by atoms with E-state index in [1.165, 1.54) is 0 Å². The molecule has 3 atom stereocenters. The minimum atomic E-state index is -0.840. The lowest BCUT2D eigenvalue weighted by molar-refractivity contribution is 0.0402. The number of carbonyl (C=O) groups excluding carboxylic acids is 2. The largest absolute Gasteiger partial charge is 0.450 e. The van der Waals surface area contributed by atoms with Crippen molar-refractivity contribution < 1.29 is 28.6 Å². The molecule has 39 heavy (non-hydrogen) atoms. The van der Waals surface area contributed by atoms with Crippen LogP contribution in [-0.2, 0) is 15.9 Å². The number of anilines is 1. The van der Waals surface area contributed by atoms with Crippen molar-refractivity contribution in [3.05, 3.63) is 59.7 Å². The summed E-state index contributed by atoms with van der Waals surface area (Å²) in [5.74, 6) is 0.342. The van der Waals surface area contributed by atoms with Gasteiger partial charge in [0.1, 0.15) is 11.1 Å². The SMILES string of the molecule is CCOC(=O)Nc1nc2ccc(C(CC(C)C)C[C@@H](O)[C@H](Cc3ccccc3)NC(=O)OC(C)(C)C)cc2o1. The van der Waals surface area contributed by atoms with E-state index in [4.69, 9.17) is 13.9 Å². The Hall–Kier alpha value is -3.59. The van der Waals surface area contributed by atoms with Crippen molar-refractivity contribution in [1.82, 2.24) is 10.3 Å². The van der Waals surface area contributed by atoms with Crippen molar-refractivity contribution in [2.24, 2.45) is 5.92 Å². The number of hydrogen-bond acceptors (Lipinski definition) is 7. The second kappa shape index (κ2) is 13.5. The number of ether oxygens (including phenoxy) is 2. The van der Waals surface area contributed by atoms with Gasteiger partial charge in [-0.25, -0.2) is 14.9 Å². The van der Waals surface area contributed by atoms with Crippen molar-refractivity contribution in [2.75, 3.05) is 11.9 Å². The summed E-state index contributed by atoms with van der Waals surface area (Å²) in [4.78, 5) is 28.7. The van der Waals surface area contributed by atoms with Crippen LogP contribution in [0.2, 0.25) is 0 Å². The maximum atomic E-state index is 12.7. The van der Waals surface area contributed by atoms with Crippen LogP contribution in [0.15, 0.2) is 52.9 Å². The molecular formula is C30H41N3O6. The summed E-state index contributed by atoms with van der Waals surface area (Å²) in [5.41, 5.74) is 2.45. The number of amides is 2. The van der Waals surface area contributed by atoms with Crippen LogP contribution in [0, 0.1) is 5.92 Å². The van der Waals surface area contributed by atoms with Crippen molar-refractivity contribution in [2.45, 2.75) is 84.5 Å². The van der Waals surface area contributed by atoms with Gasteiger partial charge in [0.15, 0.2) is 5.58 Å². The summed E-state index contributed by atoms with van der Waals surface area (Å²) in [6.07, 6.45) is -0.346. The van der Waals surface area contributed by atoms with Gasteiger partial charge < -0.3 is 24.3 Å². The van der Waals surface area contributed by atoms with E-state index in [1.807, 2.05) is 48.5 Å². The summed E-state index contributed by atoms with van der Waals surface area (Å²) < 4.78 is 16.1. The van der Waals surface area contributed by atoms with Crippen LogP contribution in [0.1, 0.15) is 71.4 Å². The molecule has 0 spiro atoms. The molecule has 9 heteroatoms. The third-order valence-corrected chi connectivity index (χ3v) is 6.12. The predicted molar refractivity (Wildman–Crippen MR) is 151 cm³/mol. The number of hydrogen-bond donors (Lipinski definition) is 3. The van der Waals surface area contributed by atoms with E-state index in [0.717, 1.165) is 17.5 Å². The molecule has 0 saturated carbocycles. The Bertz CT molecular complexity index is 1220. The average molecular weight is 540 g/mol. The Morgan fingerprint density at radius 1 is 1.05 bits per heavy atom. The van der Waals surface area contributed by atoms with Crippen molar-refractivity contribution in [1.29, 1.82) is 0 Å². The topological polar surface area (TPSA) is 123 Å². The molecule has 9 nitrogen and oxygen atoms in total. The lowest BCUT2D eigenvalue weighted by atomic mass is 9.83. The predicted octanol–water partition coefficient (Wildman–Crippen LogP) is 6.41. The molecule has 2 aromatic carbocycles. The molecule has 1 heterocycles. The Kier molecular flexibility index (Phi) is 10.3. The van der Waals surface area contributed by atoms with Crippen LogP contribution in [0.25, 0.3) is 11.1 Å². The normalized spacial score (nSPS) is 14.1. The number of nitrogens with zero attached hydrogens (tertiary/aromatic N) is 1. The minimum Gasteiger partial charge on any atom is -0.450 e. The Morgan fingerprint density at radius 3 is 2.41 bits per heavy atom. The lowest BCUT2D eigenvalue weighted by Crippen LogP contribution is -2.47. The van der Waals surface area contributed by atoms with Crippen LogP contribution in [-0.4, -0.2) is 46.6 Å². The number of carbonyl (C=O) groups is 2. The van der Waals surface area contributed by atoms with Gasteiger partial charge in [-0.3, -0.25) is 0 Å². The van der Waals surface area contributed by atoms with E-state index in [1.54, 1.807) is 27.7 Å². The number of benzene rings is 2. The smallest absolute Gasteiger partial charge is 0.415 e. The highest BCUT2D eigenvalue weighted by molar-refractivity contribution is 5.84. The molecule has 3 N–H and O–H groups in total. The van der Waals surface area contributed by atoms with Crippen LogP contribution in [0.5, 0.6) is 0 Å². The van der Waals surface area contributed by atoms with E-state index >= 15 is 0 Å². The first-order valence-electron chi connectivity index (χ1n) is 13.5. The summed E-state index contributed by atoms with van der Waals surface area (Å²) in [6.45, 7) is 11.6. The molecule has 0 radical (unpaired) electrons. The monoisotopic (exact) mass is 539 g/mol. The van der Waals surface area contributed by atoms with Gasteiger partial charge in [-0.05, 0) is 82.1 Å². The van der Waals surface area contributed by atoms with E-state index in [0.29, 0.717) is 29.9 Å². The van der Waals surface area contributed by atoms with E-state index in [9.17, 15) is 14.7 Å². The zero-order valence-corrected chi connectivity index (χ0v) is 23.7. The van der Waals surface area contributed by atoms with Crippen LogP contribution in [0.3, 0.4) is 0 Å². The number of rotatable bonds is 11. The Morgan fingerprint density at radius 2 is 1.77 bits per heavy atom. The number of fused-ring (bicyclic) bond motifs is 1. The Balaban J connectivity index is 1.83. The van der Waals surface area contributed by atoms with Crippen LogP contribution >= 0.6 is 0 Å². The fourth-order valence-corrected chi connectivity index (χ4v) is 4.51. The molecule has 0 aliphatic heterocycles. The van der Waals surface area contributed by atoms with Gasteiger partial charge in [-0.15, -0.1) is 0 Å². The van der Waals surface area contributed by atoms with Crippen LogP contribution in [0.4, 0.5) is 15.6 Å². The van der Waals surface area contributed by atoms with E-state index < -0.39 is 29.9 Å². The number of nitrogens with one attached hydrogen (secondary N) is 2. The van der Waals surface area contributed by atoms with Gasteiger partial charge in [0.25, 0.3) is 0 Å². The molecule has 2 amide bonds. The number of aliphatic hydroxyl groups excluding tert-OH is 1. The van der Waals surface area contributed by atoms with E-state index in [-0.39, 0.29) is 18.5 Å². The molecule has 3 rings (SSSR count). The van der Waals surface area contributed by atoms with Gasteiger partial charge in [-0.2, -0.15) is 4.98 Å². The van der Waals surface area contributed by atoms with E-state index in [2.05, 4.69) is 29.5 Å². The minimum absolute atomic E-state index is 0.0188. The highest BCUT2D eigenvalue weighted by Gasteiger charge is 2.28. The van der Waals surface area contributed by atoms with Crippen LogP contribution < -0.4 is 10.6 Å². The molecule has 212 valence electrons. The third-order valence-electron chi connectivity index (χ3n) is 6.12. The van der Waals surface area contributed by atoms with Gasteiger partial charge >= 0.3 is 18.2 Å². The molecule has 1 unspecified atom stereocenters. The second-order valence-corrected chi connectivity index (χ2v) is 11.2. The Labute approximate surface area is 230 Å². The highest BCUT2D eigenvalue weighted by Crippen LogP contribution is 2.32. The first-order chi connectivity index (χ1) is 18.4. The molecule has 0 bridgehead atoms. The highest BCUT2D eigenvalue weighted by atomic mass is 16.6. The molecule has 1 aromatic heterocycles. The lowest BCUT2D eigenvalue weighted by Gasteiger charge is -2.30. The zero-order chi connectivity index (χ0) is 28.6. The second-order valence-electron chi connectivity index (χ2n) is 11.2. The molecule has 3 aromatic rings. The quantitative estimate of drug-likeness (QED) is 0.257. The maximum Gasteiger partial charge on any atom is 0.415 e. The average Bonchev–Trinajstić information content (AvgIpc) is 3.23. The third kappa shape index (κ3) is 9.58. The van der Waals surface area contributed by atoms with Gasteiger partial charge in [-0.1, -0.05) is 50.2 Å². The molecule has 0 aliphatic rings. The maximum absolute atomic E-state index is 12.7. The first-order valence-corrected chi connectivity index (χ1v) is 13.5. The van der Waals surface area contributed by atoms with Gasteiger partial charge in [0.05, 0.1) is 18.8 Å². The molecule has 0 saturated heterocycles. The number of aliphatic hydroxyl groups is 1. The van der Waals surface area contributed by atoms with Gasteiger partial charge in [0, 0.05) is 0 Å².